The molecule has 254 valence electrons. The van der Waals surface area contributed by atoms with Gasteiger partial charge in [0, 0.05) is 10.7 Å². The summed E-state index contributed by atoms with van der Waals surface area (Å²) in [5.41, 5.74) is 7.76. The number of carboxylic acids is 1. The number of carboxylic acid groups (broad SMARTS) is 1. The Hall–Kier alpha value is -3.89. The van der Waals surface area contributed by atoms with Crippen LogP contribution < -0.4 is 25.8 Å². The molecule has 1 aliphatic carbocycles. The lowest BCUT2D eigenvalue weighted by Crippen LogP contribution is -2.40. The van der Waals surface area contributed by atoms with Crippen LogP contribution in [0.15, 0.2) is 46.3 Å². The molecule has 0 aliphatic heterocycles. The van der Waals surface area contributed by atoms with E-state index < -0.39 is 40.0 Å². The van der Waals surface area contributed by atoms with Crippen molar-refractivity contribution < 1.29 is 45.8 Å². The van der Waals surface area contributed by atoms with Gasteiger partial charge >= 0.3 is 12.1 Å². The summed E-state index contributed by atoms with van der Waals surface area (Å²) >= 11 is 6.09. The van der Waals surface area contributed by atoms with Crippen molar-refractivity contribution >= 4 is 51.1 Å². The van der Waals surface area contributed by atoms with Crippen LogP contribution in [0.3, 0.4) is 0 Å². The lowest BCUT2D eigenvalue weighted by atomic mass is 9.84. The van der Waals surface area contributed by atoms with Crippen LogP contribution in [0.2, 0.25) is 5.02 Å². The highest BCUT2D eigenvalue weighted by atomic mass is 35.5. The van der Waals surface area contributed by atoms with Gasteiger partial charge in [-0.15, -0.1) is 0 Å². The molecule has 12 nitrogen and oxygen atoms in total. The summed E-state index contributed by atoms with van der Waals surface area (Å²) < 4.78 is 63.7. The number of carbonyl (C=O) groups excluding carboxylic acids is 2. The summed E-state index contributed by atoms with van der Waals surface area (Å²) in [6, 6.07) is 8.62. The Kier molecular flexibility index (Phi) is 14.3. The number of ether oxygens (including phenoxy) is 1. The largest absolute Gasteiger partial charge is 0.497 e. The van der Waals surface area contributed by atoms with Crippen LogP contribution in [0.1, 0.15) is 49.7 Å². The number of guanidine groups is 1. The van der Waals surface area contributed by atoms with Crippen molar-refractivity contribution in [2.75, 3.05) is 19.5 Å². The smallest absolute Gasteiger partial charge is 0.490 e. The molecule has 2 amide bonds. The van der Waals surface area contributed by atoms with Gasteiger partial charge in [-0.05, 0) is 67.8 Å². The van der Waals surface area contributed by atoms with E-state index in [0.29, 0.717) is 34.0 Å². The van der Waals surface area contributed by atoms with Crippen LogP contribution in [0.25, 0.3) is 0 Å². The predicted octanol–water partition coefficient (Wildman–Crippen LogP) is 4.15. The van der Waals surface area contributed by atoms with Crippen molar-refractivity contribution in [2.24, 2.45) is 16.6 Å². The van der Waals surface area contributed by atoms with E-state index in [2.05, 4.69) is 20.3 Å². The van der Waals surface area contributed by atoms with Gasteiger partial charge in [0.1, 0.15) is 11.8 Å². The number of methoxy groups -OCH3 is 1. The Balaban J connectivity index is 0.000000942. The molecule has 6 N–H and O–H groups in total. The third kappa shape index (κ3) is 12.5. The van der Waals surface area contributed by atoms with Crippen LogP contribution in [-0.4, -0.2) is 63.6 Å². The molecule has 1 atom stereocenters. The second-order valence-corrected chi connectivity index (χ2v) is 12.8. The van der Waals surface area contributed by atoms with Gasteiger partial charge < -0.3 is 20.9 Å². The maximum atomic E-state index is 13.4. The maximum absolute atomic E-state index is 13.4. The zero-order valence-electron chi connectivity index (χ0n) is 25.4. The quantitative estimate of drug-likeness (QED) is 0.181. The molecule has 2 aromatic rings. The van der Waals surface area contributed by atoms with Crippen LogP contribution in [0.5, 0.6) is 5.75 Å². The van der Waals surface area contributed by atoms with Gasteiger partial charge in [-0.3, -0.25) is 14.9 Å². The first-order valence-electron chi connectivity index (χ1n) is 14.1. The molecule has 0 unspecified atom stereocenters. The molecule has 0 spiro atoms. The number of aryl methyl sites for hydroxylation is 1. The number of nitrogens with two attached hydrogens (primary N) is 1. The van der Waals surface area contributed by atoms with Crippen LogP contribution in [0.4, 0.5) is 18.9 Å². The van der Waals surface area contributed by atoms with E-state index >= 15 is 0 Å². The number of hydrogen-bond donors (Lipinski definition) is 5. The monoisotopic (exact) mass is 691 g/mol. The summed E-state index contributed by atoms with van der Waals surface area (Å²) in [7, 11) is -0.864. The molecule has 1 aliphatic rings. The molecule has 2 aromatic carbocycles. The topological polar surface area (TPSA) is 189 Å². The molecular weight excluding hydrogens is 655 g/mol. The van der Waals surface area contributed by atoms with Gasteiger partial charge in [-0.25, -0.2) is 22.9 Å². The van der Waals surface area contributed by atoms with Gasteiger partial charge in [-0.1, -0.05) is 49.8 Å². The highest BCUT2D eigenvalue weighted by Crippen LogP contribution is 2.29. The van der Waals surface area contributed by atoms with Gasteiger partial charge in [0.05, 0.1) is 18.4 Å². The number of nitrogens with zero attached hydrogens (tertiary/aromatic N) is 1. The molecule has 0 saturated heterocycles. The number of carbonyl (C=O) groups is 3. The second kappa shape index (κ2) is 17.1. The minimum atomic E-state index is -5.08. The number of halogens is 4. The molecule has 1 fully saturated rings. The predicted molar refractivity (Wildman–Crippen MR) is 166 cm³/mol. The van der Waals surface area contributed by atoms with E-state index in [9.17, 15) is 31.2 Å². The molecule has 0 bridgehead atoms. The summed E-state index contributed by atoms with van der Waals surface area (Å²) in [4.78, 5) is 39.4. The third-order valence-electron chi connectivity index (χ3n) is 6.97. The Morgan fingerprint density at radius 2 is 1.76 bits per heavy atom. The van der Waals surface area contributed by atoms with Crippen molar-refractivity contribution in [2.45, 2.75) is 69.0 Å². The summed E-state index contributed by atoms with van der Waals surface area (Å²) in [6.45, 7) is 1.77. The fourth-order valence-electron chi connectivity index (χ4n) is 4.61. The third-order valence-corrected chi connectivity index (χ3v) is 8.60. The van der Waals surface area contributed by atoms with E-state index in [1.54, 1.807) is 31.2 Å². The first-order chi connectivity index (χ1) is 21.4. The Morgan fingerprint density at radius 3 is 2.33 bits per heavy atom. The average Bonchev–Trinajstić information content (AvgIpc) is 2.97. The molecule has 1 saturated carbocycles. The van der Waals surface area contributed by atoms with Gasteiger partial charge in [0.25, 0.3) is 0 Å². The molecule has 0 radical (unpaired) electrons. The van der Waals surface area contributed by atoms with Crippen LogP contribution >= 0.6 is 11.6 Å². The molecule has 0 heterocycles. The number of nitrogens with one attached hydrogen (secondary N) is 3. The summed E-state index contributed by atoms with van der Waals surface area (Å²) in [5.74, 6) is -2.96. The Bertz CT molecular complexity index is 1530. The SMILES string of the molecule is CNS(=O)(=O)c1ccc(C)c(NC(=O)[C@@H](CC2CCCCC2)N=C(N)NC(=O)Cc2cc(Cl)cc(OC)c2)c1.O=C(O)C(F)(F)F. The number of rotatable bonds is 10. The van der Waals surface area contributed by atoms with Crippen molar-refractivity contribution in [3.63, 3.8) is 0 Å². The fourth-order valence-corrected chi connectivity index (χ4v) is 5.61. The average molecular weight is 692 g/mol. The number of anilines is 1. The Labute approximate surface area is 270 Å². The second-order valence-electron chi connectivity index (χ2n) is 10.5. The van der Waals surface area contributed by atoms with E-state index in [0.717, 1.165) is 32.1 Å². The van der Waals surface area contributed by atoms with E-state index in [-0.39, 0.29) is 23.2 Å². The maximum Gasteiger partial charge on any atom is 0.490 e. The molecule has 46 heavy (non-hydrogen) atoms. The first-order valence-corrected chi connectivity index (χ1v) is 15.9. The van der Waals surface area contributed by atoms with Crippen LogP contribution in [-0.2, 0) is 30.8 Å². The van der Waals surface area contributed by atoms with Crippen molar-refractivity contribution in [3.05, 3.63) is 52.5 Å². The zero-order chi connectivity index (χ0) is 34.7. The van der Waals surface area contributed by atoms with Gasteiger partial charge in [0.15, 0.2) is 5.96 Å². The minimum absolute atomic E-state index is 0.0153. The number of hydrogen-bond acceptors (Lipinski definition) is 7. The Morgan fingerprint density at radius 1 is 1.13 bits per heavy atom. The zero-order valence-corrected chi connectivity index (χ0v) is 27.0. The molecule has 3 rings (SSSR count). The number of sulfonamides is 1. The fraction of sp³-hybridized carbons (Fsp3) is 0.448. The van der Waals surface area contributed by atoms with Crippen molar-refractivity contribution in [3.8, 4) is 5.75 Å². The van der Waals surface area contributed by atoms with E-state index in [1.807, 2.05) is 0 Å². The van der Waals surface area contributed by atoms with Gasteiger partial charge in [0.2, 0.25) is 21.8 Å². The highest BCUT2D eigenvalue weighted by Gasteiger charge is 2.38. The number of alkyl halides is 3. The number of aliphatic carboxylic acids is 1. The lowest BCUT2D eigenvalue weighted by molar-refractivity contribution is -0.192. The summed E-state index contributed by atoms with van der Waals surface area (Å²) in [6.07, 6.45) is 0.658. The normalized spacial score (nSPS) is 14.8. The number of benzene rings is 2. The van der Waals surface area contributed by atoms with Gasteiger partial charge in [-0.2, -0.15) is 13.2 Å². The first kappa shape index (κ1) is 38.3. The van der Waals surface area contributed by atoms with E-state index in [4.69, 9.17) is 32.0 Å². The van der Waals surface area contributed by atoms with Crippen molar-refractivity contribution in [1.29, 1.82) is 0 Å². The number of aliphatic imine (C=N–C) groups is 1. The standard InChI is InChI=1S/C27H36ClN5O5S.C2HF3O2/c1-17-9-10-22(39(36,37)30-2)16-23(17)31-26(35)24(13-18-7-5-4-6-8-18)32-27(29)33-25(34)14-19-11-20(28)15-21(12-19)38-3;3-2(4,5)1(6)7/h9-12,15-16,18,24,30H,4-8,13-14H2,1-3H3,(H,31,35)(H3,29,32,33,34);(H,6,7)/t24-;/m1./s1. The summed E-state index contributed by atoms with van der Waals surface area (Å²) in [5, 5.41) is 12.9. The number of amides is 2. The molecular formula is C29H37ClF3N5O7S. The lowest BCUT2D eigenvalue weighted by Gasteiger charge is -2.25. The van der Waals surface area contributed by atoms with Crippen LogP contribution in [0, 0.1) is 12.8 Å². The minimum Gasteiger partial charge on any atom is -0.497 e. The molecule has 0 aromatic heterocycles. The van der Waals surface area contributed by atoms with E-state index in [1.165, 1.54) is 26.3 Å². The molecule has 17 heteroatoms. The van der Waals surface area contributed by atoms with Crippen molar-refractivity contribution in [1.82, 2.24) is 10.0 Å². The highest BCUT2D eigenvalue weighted by molar-refractivity contribution is 7.89.